The molecule has 0 heterocycles. The van der Waals surface area contributed by atoms with Crippen LogP contribution in [-0.2, 0) is 0 Å². The molecule has 0 unspecified atom stereocenters. The number of para-hydroxylation sites is 2. The number of benzene rings is 4. The molecule has 4 aromatic rings. The second-order valence-electron chi connectivity index (χ2n) is 7.37. The Kier molecular flexibility index (Phi) is 7.20. The van der Waals surface area contributed by atoms with Gasteiger partial charge in [-0.2, -0.15) is 5.10 Å². The van der Waals surface area contributed by atoms with Crippen molar-refractivity contribution in [1.82, 2.24) is 5.43 Å². The minimum atomic E-state index is -0.340. The van der Waals surface area contributed by atoms with E-state index >= 15 is 0 Å². The van der Waals surface area contributed by atoms with Crippen molar-refractivity contribution in [1.29, 1.82) is 0 Å². The molecule has 0 aliphatic heterocycles. The van der Waals surface area contributed by atoms with Crippen LogP contribution in [-0.4, -0.2) is 26.3 Å². The number of anilines is 3. The zero-order valence-corrected chi connectivity index (χ0v) is 19.0. The normalized spacial score (nSPS) is 10.6. The van der Waals surface area contributed by atoms with E-state index in [1.165, 1.54) is 7.11 Å². The summed E-state index contributed by atoms with van der Waals surface area (Å²) in [6.45, 7) is 0. The minimum Gasteiger partial charge on any atom is -0.493 e. The molecule has 4 rings (SSSR count). The van der Waals surface area contributed by atoms with E-state index < -0.39 is 0 Å². The van der Waals surface area contributed by atoms with Crippen molar-refractivity contribution in [3.05, 3.63) is 114 Å². The van der Waals surface area contributed by atoms with Gasteiger partial charge in [0.25, 0.3) is 5.91 Å². The summed E-state index contributed by atoms with van der Waals surface area (Å²) in [6.07, 6.45) is 1.61. The molecule has 0 saturated heterocycles. The van der Waals surface area contributed by atoms with E-state index in [0.29, 0.717) is 17.1 Å². The predicted molar refractivity (Wildman–Crippen MR) is 136 cm³/mol. The number of nitrogens with zero attached hydrogens (tertiary/aromatic N) is 2. The number of nitrogens with one attached hydrogen (secondary N) is 1. The molecule has 0 saturated carbocycles. The van der Waals surface area contributed by atoms with E-state index in [4.69, 9.17) is 9.47 Å². The molecule has 0 spiro atoms. The number of rotatable bonds is 8. The fourth-order valence-electron chi connectivity index (χ4n) is 3.52. The summed E-state index contributed by atoms with van der Waals surface area (Å²) in [5, 5.41) is 4.10. The number of hydrogen-bond acceptors (Lipinski definition) is 5. The zero-order chi connectivity index (χ0) is 23.8. The Hall–Kier alpha value is -4.58. The van der Waals surface area contributed by atoms with E-state index in [1.54, 1.807) is 31.5 Å². The van der Waals surface area contributed by atoms with Crippen LogP contribution in [0.15, 0.2) is 108 Å². The number of hydrogen-bond donors (Lipinski definition) is 1. The lowest BCUT2D eigenvalue weighted by Gasteiger charge is -2.25. The average Bonchev–Trinajstić information content (AvgIpc) is 2.90. The number of carbonyl (C=O) groups excluding carboxylic acids is 1. The van der Waals surface area contributed by atoms with Gasteiger partial charge in [-0.3, -0.25) is 4.79 Å². The quantitative estimate of drug-likeness (QED) is 0.266. The molecule has 1 N–H and O–H groups in total. The first-order chi connectivity index (χ1) is 16.7. The molecule has 0 aliphatic carbocycles. The Morgan fingerprint density at radius 2 is 1.29 bits per heavy atom. The van der Waals surface area contributed by atoms with Gasteiger partial charge in [-0.1, -0.05) is 48.5 Å². The summed E-state index contributed by atoms with van der Waals surface area (Å²) in [6, 6.07) is 33.3. The molecule has 1 amide bonds. The summed E-state index contributed by atoms with van der Waals surface area (Å²) in [5.41, 5.74) is 6.98. The third-order valence-corrected chi connectivity index (χ3v) is 5.21. The van der Waals surface area contributed by atoms with E-state index in [2.05, 4.69) is 39.7 Å². The summed E-state index contributed by atoms with van der Waals surface area (Å²) in [5.74, 6) is 0.701. The SMILES string of the molecule is COc1ccc(C(=O)NN=Cc2ccc(N(c3ccccc3)c3ccccc3)cc2)cc1OC. The molecular formula is C28H25N3O3. The van der Waals surface area contributed by atoms with Gasteiger partial charge in [-0.15, -0.1) is 0 Å². The van der Waals surface area contributed by atoms with Crippen LogP contribution in [0.25, 0.3) is 0 Å². The summed E-state index contributed by atoms with van der Waals surface area (Å²) < 4.78 is 10.5. The van der Waals surface area contributed by atoms with E-state index in [-0.39, 0.29) is 5.91 Å². The highest BCUT2D eigenvalue weighted by Crippen LogP contribution is 2.34. The standard InChI is InChI=1S/C28H25N3O3/c1-33-26-18-15-22(19-27(26)34-2)28(32)30-29-20-21-13-16-25(17-14-21)31(23-9-5-3-6-10-23)24-11-7-4-8-12-24/h3-20H,1-2H3,(H,30,32). The van der Waals surface area contributed by atoms with Gasteiger partial charge in [0.05, 0.1) is 20.4 Å². The maximum atomic E-state index is 12.4. The largest absolute Gasteiger partial charge is 0.493 e. The van der Waals surface area contributed by atoms with Crippen LogP contribution in [0.2, 0.25) is 0 Å². The van der Waals surface area contributed by atoms with Gasteiger partial charge in [0.1, 0.15) is 0 Å². The maximum absolute atomic E-state index is 12.4. The number of methoxy groups -OCH3 is 2. The van der Waals surface area contributed by atoms with Crippen LogP contribution in [0.1, 0.15) is 15.9 Å². The maximum Gasteiger partial charge on any atom is 0.271 e. The van der Waals surface area contributed by atoms with Gasteiger partial charge in [-0.25, -0.2) is 5.43 Å². The highest BCUT2D eigenvalue weighted by molar-refractivity contribution is 5.95. The molecule has 4 aromatic carbocycles. The fourth-order valence-corrected chi connectivity index (χ4v) is 3.52. The molecular weight excluding hydrogens is 426 g/mol. The molecule has 6 nitrogen and oxygen atoms in total. The van der Waals surface area contributed by atoms with E-state index in [1.807, 2.05) is 60.7 Å². The molecule has 6 heteroatoms. The Bertz CT molecular complexity index is 1220. The van der Waals surface area contributed by atoms with E-state index in [9.17, 15) is 4.79 Å². The fraction of sp³-hybridized carbons (Fsp3) is 0.0714. The molecule has 0 aromatic heterocycles. The summed E-state index contributed by atoms with van der Waals surface area (Å²) in [7, 11) is 3.07. The van der Waals surface area contributed by atoms with Crippen molar-refractivity contribution in [3.8, 4) is 11.5 Å². The third-order valence-electron chi connectivity index (χ3n) is 5.21. The Morgan fingerprint density at radius 3 is 1.85 bits per heavy atom. The monoisotopic (exact) mass is 451 g/mol. The summed E-state index contributed by atoms with van der Waals surface area (Å²) in [4.78, 5) is 14.6. The first-order valence-corrected chi connectivity index (χ1v) is 10.8. The van der Waals surface area contributed by atoms with Crippen molar-refractivity contribution >= 4 is 29.2 Å². The number of amides is 1. The highest BCUT2D eigenvalue weighted by atomic mass is 16.5. The van der Waals surface area contributed by atoms with Gasteiger partial charge >= 0.3 is 0 Å². The van der Waals surface area contributed by atoms with Crippen LogP contribution in [0, 0.1) is 0 Å². The lowest BCUT2D eigenvalue weighted by Crippen LogP contribution is -2.17. The van der Waals surface area contributed by atoms with Crippen LogP contribution < -0.4 is 19.8 Å². The molecule has 34 heavy (non-hydrogen) atoms. The lowest BCUT2D eigenvalue weighted by molar-refractivity contribution is 0.0954. The van der Waals surface area contributed by atoms with Crippen molar-refractivity contribution < 1.29 is 14.3 Å². The van der Waals surface area contributed by atoms with Crippen LogP contribution >= 0.6 is 0 Å². The van der Waals surface area contributed by atoms with Crippen LogP contribution in [0.4, 0.5) is 17.1 Å². The first kappa shape index (κ1) is 22.6. The van der Waals surface area contributed by atoms with E-state index in [0.717, 1.165) is 22.6 Å². The van der Waals surface area contributed by atoms with Crippen molar-refractivity contribution in [2.24, 2.45) is 5.10 Å². The molecule has 0 bridgehead atoms. The van der Waals surface area contributed by atoms with Crippen molar-refractivity contribution in [2.45, 2.75) is 0 Å². The predicted octanol–water partition coefficient (Wildman–Crippen LogP) is 5.94. The number of hydrazone groups is 1. The topological polar surface area (TPSA) is 63.2 Å². The Labute approximate surface area is 199 Å². The summed E-state index contributed by atoms with van der Waals surface area (Å²) >= 11 is 0. The van der Waals surface area contributed by atoms with Crippen LogP contribution in [0.5, 0.6) is 11.5 Å². The molecule has 0 radical (unpaired) electrons. The number of ether oxygens (including phenoxy) is 2. The smallest absolute Gasteiger partial charge is 0.271 e. The second-order valence-corrected chi connectivity index (χ2v) is 7.37. The van der Waals surface area contributed by atoms with Gasteiger partial charge in [-0.05, 0) is 60.2 Å². The lowest BCUT2D eigenvalue weighted by atomic mass is 10.1. The Morgan fingerprint density at radius 1 is 0.735 bits per heavy atom. The van der Waals surface area contributed by atoms with Gasteiger partial charge in [0.15, 0.2) is 11.5 Å². The molecule has 0 aliphatic rings. The third kappa shape index (κ3) is 5.24. The number of carbonyl (C=O) groups is 1. The Balaban J connectivity index is 1.48. The molecule has 170 valence electrons. The minimum absolute atomic E-state index is 0.340. The molecule has 0 fully saturated rings. The van der Waals surface area contributed by atoms with Gasteiger partial charge < -0.3 is 14.4 Å². The zero-order valence-electron chi connectivity index (χ0n) is 19.0. The second kappa shape index (κ2) is 10.8. The van der Waals surface area contributed by atoms with Gasteiger partial charge in [0.2, 0.25) is 0 Å². The first-order valence-electron chi connectivity index (χ1n) is 10.8. The van der Waals surface area contributed by atoms with Crippen molar-refractivity contribution in [2.75, 3.05) is 19.1 Å². The molecule has 0 atom stereocenters. The average molecular weight is 452 g/mol. The van der Waals surface area contributed by atoms with Crippen molar-refractivity contribution in [3.63, 3.8) is 0 Å². The van der Waals surface area contributed by atoms with Crippen LogP contribution in [0.3, 0.4) is 0 Å². The highest BCUT2D eigenvalue weighted by Gasteiger charge is 2.12. The van der Waals surface area contributed by atoms with Gasteiger partial charge in [0, 0.05) is 22.6 Å².